The summed E-state index contributed by atoms with van der Waals surface area (Å²) < 4.78 is 10.1. The van der Waals surface area contributed by atoms with Crippen molar-refractivity contribution in [3.05, 3.63) is 11.7 Å². The van der Waals surface area contributed by atoms with Crippen LogP contribution in [0.25, 0.3) is 0 Å². The molecule has 0 aliphatic carbocycles. The minimum atomic E-state index is -0.591. The largest absolute Gasteiger partial charge is 0.385 e. The summed E-state index contributed by atoms with van der Waals surface area (Å²) >= 11 is 0. The lowest BCUT2D eigenvalue weighted by Crippen LogP contribution is -2.35. The van der Waals surface area contributed by atoms with Crippen molar-refractivity contribution >= 4 is 0 Å². The summed E-state index contributed by atoms with van der Waals surface area (Å²) in [6.45, 7) is 6.46. The second-order valence-corrected chi connectivity index (χ2v) is 4.27. The van der Waals surface area contributed by atoms with Crippen molar-refractivity contribution in [2.45, 2.75) is 38.6 Å². The summed E-state index contributed by atoms with van der Waals surface area (Å²) in [6.07, 6.45) is 0.667. The fourth-order valence-corrected chi connectivity index (χ4v) is 1.13. The number of methoxy groups -OCH3 is 1. The molecule has 1 heterocycles. The van der Waals surface area contributed by atoms with Gasteiger partial charge in [-0.2, -0.15) is 4.98 Å². The Balaban J connectivity index is 2.76. The van der Waals surface area contributed by atoms with Crippen LogP contribution in [0.15, 0.2) is 4.52 Å². The molecule has 0 radical (unpaired) electrons. The lowest BCUT2D eigenvalue weighted by atomic mass is 9.99. The van der Waals surface area contributed by atoms with E-state index in [0.29, 0.717) is 24.7 Å². The van der Waals surface area contributed by atoms with Crippen molar-refractivity contribution < 1.29 is 9.26 Å². The minimum absolute atomic E-state index is 0.226. The molecule has 0 aromatic carbocycles. The molecule has 0 fully saturated rings. The molecule has 0 saturated carbocycles. The SMILES string of the molecule is COCCC(C)(N)c1noc(C(C)C)n1. The van der Waals surface area contributed by atoms with Gasteiger partial charge in [0, 0.05) is 19.6 Å². The second-order valence-electron chi connectivity index (χ2n) is 4.27. The number of hydrogen-bond donors (Lipinski definition) is 1. The Morgan fingerprint density at radius 1 is 1.53 bits per heavy atom. The highest BCUT2D eigenvalue weighted by Gasteiger charge is 2.27. The molecule has 86 valence electrons. The number of ether oxygens (including phenoxy) is 1. The van der Waals surface area contributed by atoms with Crippen LogP contribution in [0.5, 0.6) is 0 Å². The topological polar surface area (TPSA) is 74.2 Å². The monoisotopic (exact) mass is 213 g/mol. The van der Waals surface area contributed by atoms with Crippen LogP contribution in [-0.2, 0) is 10.3 Å². The first-order valence-corrected chi connectivity index (χ1v) is 5.09. The Hall–Kier alpha value is -0.940. The number of hydrogen-bond acceptors (Lipinski definition) is 5. The molecule has 0 amide bonds. The molecule has 0 aliphatic heterocycles. The maximum atomic E-state index is 6.07. The van der Waals surface area contributed by atoms with Gasteiger partial charge >= 0.3 is 0 Å². The van der Waals surface area contributed by atoms with Crippen molar-refractivity contribution in [1.29, 1.82) is 0 Å². The van der Waals surface area contributed by atoms with Gasteiger partial charge in [0.2, 0.25) is 5.89 Å². The van der Waals surface area contributed by atoms with E-state index >= 15 is 0 Å². The lowest BCUT2D eigenvalue weighted by Gasteiger charge is -2.19. The van der Waals surface area contributed by atoms with Gasteiger partial charge in [-0.25, -0.2) is 0 Å². The molecule has 1 aromatic rings. The molecule has 0 saturated heterocycles. The van der Waals surface area contributed by atoms with E-state index in [1.807, 2.05) is 20.8 Å². The van der Waals surface area contributed by atoms with Crippen molar-refractivity contribution in [2.75, 3.05) is 13.7 Å². The normalized spacial score (nSPS) is 15.6. The number of nitrogens with zero attached hydrogens (tertiary/aromatic N) is 2. The van der Waals surface area contributed by atoms with Crippen LogP contribution in [0.3, 0.4) is 0 Å². The first kappa shape index (κ1) is 12.1. The average Bonchev–Trinajstić information content (AvgIpc) is 2.64. The van der Waals surface area contributed by atoms with Gasteiger partial charge < -0.3 is 15.0 Å². The predicted molar refractivity (Wildman–Crippen MR) is 56.4 cm³/mol. The quantitative estimate of drug-likeness (QED) is 0.800. The second kappa shape index (κ2) is 4.72. The van der Waals surface area contributed by atoms with Gasteiger partial charge in [0.05, 0.1) is 5.54 Å². The molecule has 1 rings (SSSR count). The van der Waals surface area contributed by atoms with Crippen LogP contribution < -0.4 is 5.73 Å². The Kier molecular flexibility index (Phi) is 3.82. The molecule has 2 N–H and O–H groups in total. The highest BCUT2D eigenvalue weighted by atomic mass is 16.5. The van der Waals surface area contributed by atoms with E-state index in [9.17, 15) is 0 Å². The van der Waals surface area contributed by atoms with E-state index in [-0.39, 0.29) is 5.92 Å². The number of aromatic nitrogens is 2. The first-order chi connectivity index (χ1) is 6.97. The van der Waals surface area contributed by atoms with Crippen LogP contribution in [0.1, 0.15) is 44.8 Å². The molecular weight excluding hydrogens is 194 g/mol. The zero-order valence-electron chi connectivity index (χ0n) is 9.78. The zero-order chi connectivity index (χ0) is 11.5. The molecule has 1 unspecified atom stereocenters. The Morgan fingerprint density at radius 2 is 2.20 bits per heavy atom. The van der Waals surface area contributed by atoms with E-state index in [1.54, 1.807) is 7.11 Å². The first-order valence-electron chi connectivity index (χ1n) is 5.09. The van der Waals surface area contributed by atoms with Gasteiger partial charge in [-0.15, -0.1) is 0 Å². The molecule has 0 aliphatic rings. The molecule has 0 bridgehead atoms. The fourth-order valence-electron chi connectivity index (χ4n) is 1.13. The van der Waals surface area contributed by atoms with E-state index in [2.05, 4.69) is 10.1 Å². The highest BCUT2D eigenvalue weighted by Crippen LogP contribution is 2.20. The summed E-state index contributed by atoms with van der Waals surface area (Å²) in [5.41, 5.74) is 5.48. The molecule has 5 heteroatoms. The molecule has 1 aromatic heterocycles. The summed E-state index contributed by atoms with van der Waals surface area (Å²) in [6, 6.07) is 0. The number of rotatable bonds is 5. The molecule has 0 spiro atoms. The maximum absolute atomic E-state index is 6.07. The minimum Gasteiger partial charge on any atom is -0.385 e. The standard InChI is InChI=1S/C10H19N3O2/c1-7(2)8-12-9(13-15-8)10(3,11)5-6-14-4/h7H,5-6,11H2,1-4H3. The van der Waals surface area contributed by atoms with Crippen LogP contribution in [0.2, 0.25) is 0 Å². The Labute approximate surface area is 90.0 Å². The smallest absolute Gasteiger partial charge is 0.229 e. The van der Waals surface area contributed by atoms with Crippen LogP contribution in [-0.4, -0.2) is 23.9 Å². The van der Waals surface area contributed by atoms with Crippen LogP contribution in [0, 0.1) is 0 Å². The molecule has 5 nitrogen and oxygen atoms in total. The van der Waals surface area contributed by atoms with Gasteiger partial charge in [-0.1, -0.05) is 19.0 Å². The zero-order valence-corrected chi connectivity index (χ0v) is 9.78. The van der Waals surface area contributed by atoms with Crippen molar-refractivity contribution in [2.24, 2.45) is 5.73 Å². The number of nitrogens with two attached hydrogens (primary N) is 1. The van der Waals surface area contributed by atoms with Crippen molar-refractivity contribution in [3.8, 4) is 0 Å². The lowest BCUT2D eigenvalue weighted by molar-refractivity contribution is 0.168. The van der Waals surface area contributed by atoms with E-state index in [0.717, 1.165) is 0 Å². The van der Waals surface area contributed by atoms with Crippen LogP contribution >= 0.6 is 0 Å². The molecular formula is C10H19N3O2. The Bertz CT molecular complexity index is 307. The van der Waals surface area contributed by atoms with Gasteiger partial charge in [-0.05, 0) is 13.3 Å². The van der Waals surface area contributed by atoms with E-state index in [4.69, 9.17) is 15.0 Å². The average molecular weight is 213 g/mol. The fraction of sp³-hybridized carbons (Fsp3) is 0.800. The predicted octanol–water partition coefficient (Wildman–Crippen LogP) is 1.40. The van der Waals surface area contributed by atoms with Crippen LogP contribution in [0.4, 0.5) is 0 Å². The summed E-state index contributed by atoms with van der Waals surface area (Å²) in [5.74, 6) is 1.40. The van der Waals surface area contributed by atoms with E-state index < -0.39 is 5.54 Å². The molecule has 15 heavy (non-hydrogen) atoms. The summed E-state index contributed by atoms with van der Waals surface area (Å²) in [5, 5.41) is 3.90. The maximum Gasteiger partial charge on any atom is 0.229 e. The third-order valence-electron chi connectivity index (χ3n) is 2.27. The summed E-state index contributed by atoms with van der Waals surface area (Å²) in [4.78, 5) is 4.28. The Morgan fingerprint density at radius 3 is 2.67 bits per heavy atom. The third-order valence-corrected chi connectivity index (χ3v) is 2.27. The van der Waals surface area contributed by atoms with Crippen molar-refractivity contribution in [1.82, 2.24) is 10.1 Å². The van der Waals surface area contributed by atoms with Gasteiger partial charge in [0.15, 0.2) is 5.82 Å². The van der Waals surface area contributed by atoms with E-state index in [1.165, 1.54) is 0 Å². The van der Waals surface area contributed by atoms with Crippen molar-refractivity contribution in [3.63, 3.8) is 0 Å². The molecule has 1 atom stereocenters. The van der Waals surface area contributed by atoms with Gasteiger partial charge in [-0.3, -0.25) is 0 Å². The summed E-state index contributed by atoms with van der Waals surface area (Å²) in [7, 11) is 1.64. The highest BCUT2D eigenvalue weighted by molar-refractivity contribution is 5.02. The third kappa shape index (κ3) is 3.00. The van der Waals surface area contributed by atoms with Gasteiger partial charge in [0.1, 0.15) is 0 Å². The van der Waals surface area contributed by atoms with Gasteiger partial charge in [0.25, 0.3) is 0 Å².